The highest BCUT2D eigenvalue weighted by Gasteiger charge is 2.35. The minimum Gasteiger partial charge on any atom is -0.496 e. The molecule has 0 aromatic heterocycles. The molecule has 2 aromatic carbocycles. The van der Waals surface area contributed by atoms with Crippen LogP contribution in [0.3, 0.4) is 0 Å². The summed E-state index contributed by atoms with van der Waals surface area (Å²) in [5, 5.41) is 0. The van der Waals surface area contributed by atoms with Crippen LogP contribution in [0.4, 0.5) is 22.0 Å². The molecule has 2 aromatic rings. The van der Waals surface area contributed by atoms with Crippen molar-refractivity contribution >= 4 is 10.1 Å². The average molecular weight is 384 g/mol. The molecular weight excluding hydrogens is 375 g/mol. The second-order valence-corrected chi connectivity index (χ2v) is 5.97. The van der Waals surface area contributed by atoms with Crippen LogP contribution in [-0.4, -0.2) is 22.6 Å². The number of hydrogen-bond donors (Lipinski definition) is 0. The third-order valence-electron chi connectivity index (χ3n) is 2.95. The summed E-state index contributed by atoms with van der Waals surface area (Å²) in [5.74, 6) is -12.8. The van der Waals surface area contributed by atoms with Gasteiger partial charge in [0.25, 0.3) is 0 Å². The van der Waals surface area contributed by atoms with E-state index in [0.717, 1.165) is 12.1 Å². The summed E-state index contributed by atoms with van der Waals surface area (Å²) in [7, 11) is -2.93. The van der Waals surface area contributed by atoms with Gasteiger partial charge in [-0.1, -0.05) is 0 Å². The van der Waals surface area contributed by atoms with Gasteiger partial charge in [0.15, 0.2) is 28.2 Å². The lowest BCUT2D eigenvalue weighted by molar-refractivity contribution is 0.352. The Morgan fingerprint density at radius 2 is 1.04 bits per heavy atom. The van der Waals surface area contributed by atoms with Crippen molar-refractivity contribution in [2.75, 3.05) is 14.2 Å². The molecule has 0 radical (unpaired) electrons. The van der Waals surface area contributed by atoms with E-state index in [-0.39, 0.29) is 11.5 Å². The molecule has 2 rings (SSSR count). The first-order chi connectivity index (χ1) is 11.6. The van der Waals surface area contributed by atoms with E-state index in [2.05, 4.69) is 4.18 Å². The third kappa shape index (κ3) is 3.45. The first-order valence-electron chi connectivity index (χ1n) is 6.31. The number of methoxy groups -OCH3 is 2. The molecular formula is C14H9F5O5S. The Morgan fingerprint density at radius 1 is 0.680 bits per heavy atom. The second kappa shape index (κ2) is 6.75. The van der Waals surface area contributed by atoms with Crippen LogP contribution >= 0.6 is 0 Å². The fraction of sp³-hybridized carbons (Fsp3) is 0.143. The molecule has 0 saturated heterocycles. The topological polar surface area (TPSA) is 61.8 Å². The zero-order chi connectivity index (χ0) is 18.9. The highest BCUT2D eigenvalue weighted by atomic mass is 32.2. The maximum absolute atomic E-state index is 13.7. The fourth-order valence-corrected chi connectivity index (χ4v) is 2.85. The van der Waals surface area contributed by atoms with E-state index in [1.54, 1.807) is 0 Å². The smallest absolute Gasteiger partial charge is 0.345 e. The predicted molar refractivity (Wildman–Crippen MR) is 73.6 cm³/mol. The van der Waals surface area contributed by atoms with E-state index in [0.29, 0.717) is 0 Å². The molecule has 0 bridgehead atoms. The van der Waals surface area contributed by atoms with E-state index in [9.17, 15) is 30.4 Å². The second-order valence-electron chi connectivity index (χ2n) is 4.48. The lowest BCUT2D eigenvalue weighted by atomic mass is 10.3. The number of benzene rings is 2. The van der Waals surface area contributed by atoms with Crippen molar-refractivity contribution in [3.05, 3.63) is 47.3 Å². The van der Waals surface area contributed by atoms with Crippen molar-refractivity contribution in [1.82, 2.24) is 0 Å². The predicted octanol–water partition coefficient (Wildman–Crippen LogP) is 3.17. The lowest BCUT2D eigenvalue weighted by Crippen LogP contribution is -2.17. The van der Waals surface area contributed by atoms with Crippen molar-refractivity contribution in [2.45, 2.75) is 4.90 Å². The summed E-state index contributed by atoms with van der Waals surface area (Å²) in [6.45, 7) is 0. The molecule has 0 aliphatic rings. The molecule has 0 spiro atoms. The van der Waals surface area contributed by atoms with Gasteiger partial charge in [0.05, 0.1) is 14.2 Å². The van der Waals surface area contributed by atoms with Crippen molar-refractivity contribution in [3.8, 4) is 17.2 Å². The van der Waals surface area contributed by atoms with Gasteiger partial charge in [0, 0.05) is 18.2 Å². The van der Waals surface area contributed by atoms with Crippen molar-refractivity contribution < 1.29 is 44.0 Å². The first kappa shape index (κ1) is 18.8. The maximum atomic E-state index is 13.7. The Hall–Kier alpha value is -2.56. The highest BCUT2D eigenvalue weighted by Crippen LogP contribution is 2.32. The van der Waals surface area contributed by atoms with Gasteiger partial charge in [-0.3, -0.25) is 0 Å². The third-order valence-corrected chi connectivity index (χ3v) is 4.22. The Kier molecular flexibility index (Phi) is 5.07. The largest absolute Gasteiger partial charge is 0.496 e. The van der Waals surface area contributed by atoms with Gasteiger partial charge in [-0.15, -0.1) is 0 Å². The van der Waals surface area contributed by atoms with Crippen LogP contribution in [0, 0.1) is 29.1 Å². The molecule has 0 aliphatic heterocycles. The monoisotopic (exact) mass is 384 g/mol. The zero-order valence-corrected chi connectivity index (χ0v) is 13.4. The zero-order valence-electron chi connectivity index (χ0n) is 12.6. The molecule has 0 heterocycles. The van der Waals surface area contributed by atoms with Crippen LogP contribution in [0.5, 0.6) is 17.2 Å². The molecule has 5 nitrogen and oxygen atoms in total. The van der Waals surface area contributed by atoms with Crippen molar-refractivity contribution in [1.29, 1.82) is 0 Å². The quantitative estimate of drug-likeness (QED) is 0.343. The normalized spacial score (nSPS) is 11.3. The molecule has 0 N–H and O–H groups in total. The van der Waals surface area contributed by atoms with Crippen molar-refractivity contribution in [3.63, 3.8) is 0 Å². The van der Waals surface area contributed by atoms with Crippen LogP contribution in [0.25, 0.3) is 0 Å². The summed E-state index contributed by atoms with van der Waals surface area (Å²) in [5.41, 5.74) is 0. The van der Waals surface area contributed by atoms with E-state index in [1.807, 2.05) is 0 Å². The van der Waals surface area contributed by atoms with Gasteiger partial charge in [0.2, 0.25) is 5.82 Å². The van der Waals surface area contributed by atoms with E-state index in [1.165, 1.54) is 20.3 Å². The summed E-state index contributed by atoms with van der Waals surface area (Å²) in [6.07, 6.45) is 0. The molecule has 0 fully saturated rings. The Labute approximate surface area is 138 Å². The average Bonchev–Trinajstić information content (AvgIpc) is 2.57. The number of ether oxygens (including phenoxy) is 2. The van der Waals surface area contributed by atoms with Gasteiger partial charge < -0.3 is 13.7 Å². The highest BCUT2D eigenvalue weighted by molar-refractivity contribution is 7.87. The molecule has 0 saturated carbocycles. The first-order valence-corrected chi connectivity index (χ1v) is 7.72. The Morgan fingerprint density at radius 3 is 1.44 bits per heavy atom. The molecule has 0 amide bonds. The van der Waals surface area contributed by atoms with E-state index < -0.39 is 49.8 Å². The van der Waals surface area contributed by atoms with Crippen LogP contribution in [0.15, 0.2) is 23.1 Å². The van der Waals surface area contributed by atoms with Gasteiger partial charge in [-0.2, -0.15) is 8.42 Å². The Bertz CT molecular complexity index is 878. The summed E-state index contributed by atoms with van der Waals surface area (Å²) in [6, 6.07) is 3.34. The van der Waals surface area contributed by atoms with E-state index in [4.69, 9.17) is 9.47 Å². The number of rotatable bonds is 5. The number of hydrogen-bond acceptors (Lipinski definition) is 5. The van der Waals surface area contributed by atoms with Gasteiger partial charge in [0.1, 0.15) is 17.2 Å². The standard InChI is InChI=1S/C14H9F5O5S/c1-22-6-3-7(23-2)5-8(4-6)24-25(20,21)14-12(18)10(16)9(15)11(17)13(14)19/h3-5H,1-2H3. The van der Waals surface area contributed by atoms with Crippen LogP contribution in [0.1, 0.15) is 0 Å². The maximum Gasteiger partial charge on any atom is 0.345 e. The molecule has 0 atom stereocenters. The lowest BCUT2D eigenvalue weighted by Gasteiger charge is -2.12. The summed E-state index contributed by atoms with van der Waals surface area (Å²) in [4.78, 5) is -2.11. The van der Waals surface area contributed by atoms with Gasteiger partial charge in [-0.05, 0) is 0 Å². The van der Waals surface area contributed by atoms with Gasteiger partial charge >= 0.3 is 10.1 Å². The Balaban J connectivity index is 2.58. The molecule has 0 unspecified atom stereocenters. The molecule has 0 aliphatic carbocycles. The van der Waals surface area contributed by atoms with Crippen molar-refractivity contribution in [2.24, 2.45) is 0 Å². The summed E-state index contributed by atoms with van der Waals surface area (Å²) < 4.78 is 105. The SMILES string of the molecule is COc1cc(OC)cc(OS(=O)(=O)c2c(F)c(F)c(F)c(F)c2F)c1. The van der Waals surface area contributed by atoms with Crippen LogP contribution in [0.2, 0.25) is 0 Å². The molecule has 136 valence electrons. The van der Waals surface area contributed by atoms with Crippen LogP contribution < -0.4 is 13.7 Å². The molecule has 11 heteroatoms. The van der Waals surface area contributed by atoms with Gasteiger partial charge in [-0.25, -0.2) is 22.0 Å². The van der Waals surface area contributed by atoms with Crippen LogP contribution in [-0.2, 0) is 10.1 Å². The minimum absolute atomic E-state index is 0.0574. The van der Waals surface area contributed by atoms with E-state index >= 15 is 0 Å². The number of halogens is 5. The molecule has 25 heavy (non-hydrogen) atoms. The fourth-order valence-electron chi connectivity index (χ4n) is 1.80. The minimum atomic E-state index is -5.39. The summed E-state index contributed by atoms with van der Waals surface area (Å²) >= 11 is 0.